The average Bonchev–Trinajstić information content (AvgIpc) is 1.18. The smallest absolute Gasteiger partial charge is 0.269 e. The highest BCUT2D eigenvalue weighted by Gasteiger charge is 2.45. The molecule has 14 rings (SSSR count). The molecule has 0 amide bonds. The summed E-state index contributed by atoms with van der Waals surface area (Å²) in [5, 5.41) is -1.62. The third kappa shape index (κ3) is 10.8. The Morgan fingerprint density at radius 1 is 0.462 bits per heavy atom. The number of fused-ring (bicyclic) bond motifs is 4. The Labute approximate surface area is 576 Å². The highest BCUT2D eigenvalue weighted by atomic mass is 28.3. The summed E-state index contributed by atoms with van der Waals surface area (Å²) in [7, 11) is -6.30. The molecule has 0 aliphatic carbocycles. The van der Waals surface area contributed by atoms with Crippen LogP contribution >= 0.6 is 0 Å². The molecule has 14 aromatic rings. The summed E-state index contributed by atoms with van der Waals surface area (Å²) < 4.78 is 274. The van der Waals surface area contributed by atoms with Crippen molar-refractivity contribution in [2.24, 2.45) is 0 Å². The Morgan fingerprint density at radius 3 is 1.60 bits per heavy atom. The van der Waals surface area contributed by atoms with Gasteiger partial charge in [-0.2, -0.15) is 0 Å². The Kier molecular flexibility index (Phi) is 8.79. The molecule has 6 heteroatoms. The molecule has 0 N–H and O–H groups in total. The maximum Gasteiger partial charge on any atom is 0.269 e. The van der Waals surface area contributed by atoms with E-state index in [1.807, 2.05) is 18.2 Å². The average molecular weight is 1230 g/mol. The second-order valence-electron chi connectivity index (χ2n) is 25.4. The van der Waals surface area contributed by atoms with E-state index in [4.69, 9.17) is 26.2 Å². The van der Waals surface area contributed by atoms with Crippen molar-refractivity contribution in [2.45, 2.75) is 85.4 Å². The van der Waals surface area contributed by atoms with Gasteiger partial charge >= 0.3 is 0 Å². The van der Waals surface area contributed by atoms with Crippen LogP contribution in [-0.2, 0) is 16.2 Å². The van der Waals surface area contributed by atoms with Gasteiger partial charge in [-0.15, -0.1) is 0 Å². The van der Waals surface area contributed by atoms with Gasteiger partial charge in [0.25, 0.3) is 6.33 Å². The summed E-state index contributed by atoms with van der Waals surface area (Å²) in [5.41, 5.74) is 1.04. The predicted molar refractivity (Wildman–Crippen MR) is 383 cm³/mol. The van der Waals surface area contributed by atoms with Gasteiger partial charge in [-0.3, -0.25) is 13.7 Å². The Hall–Kier alpha value is -10.1. The summed E-state index contributed by atoms with van der Waals surface area (Å²) in [5.74, 6) is 0.477. The number of para-hydroxylation sites is 1. The third-order valence-electron chi connectivity index (χ3n) is 16.5. The number of aryl methyl sites for hydroxylation is 1. The van der Waals surface area contributed by atoms with Crippen molar-refractivity contribution in [2.75, 3.05) is 0 Å². The summed E-state index contributed by atoms with van der Waals surface area (Å²) in [6.07, 6.45) is 4.70. The fraction of sp³-hybridized carbons (Fsp3) is 0.153. The molecule has 0 bridgehead atoms. The fourth-order valence-corrected chi connectivity index (χ4v) is 15.8. The largest absolute Gasteiger partial charge is 0.458 e. The summed E-state index contributed by atoms with van der Waals surface area (Å²) in [4.78, 5) is 4.75. The first-order valence-corrected chi connectivity index (χ1v) is 31.5. The van der Waals surface area contributed by atoms with E-state index < -0.39 is 209 Å². The topological polar surface area (TPSA) is 35.9 Å². The molecule has 0 radical (unpaired) electrons. The van der Waals surface area contributed by atoms with Gasteiger partial charge in [-0.1, -0.05) is 280 Å². The van der Waals surface area contributed by atoms with Gasteiger partial charge < -0.3 is 4.74 Å². The zero-order valence-electron chi connectivity index (χ0n) is 79.3. The Bertz CT molecular complexity index is 6380. The lowest BCUT2D eigenvalue weighted by molar-refractivity contribution is -0.570. The summed E-state index contributed by atoms with van der Waals surface area (Å²) >= 11 is 0. The second kappa shape index (κ2) is 23.0. The molecule has 5 nitrogen and oxygen atoms in total. The minimum atomic E-state index is -6.30. The number of benzene rings is 11. The first-order chi connectivity index (χ1) is 55.5. The molecule has 0 unspecified atom stereocenters. The number of nitrogens with zero attached hydrogens (tertiary/aromatic N) is 4. The molecule has 0 fully saturated rings. The lowest BCUT2D eigenvalue weighted by Gasteiger charge is -2.38. The molecule has 446 valence electrons. The summed E-state index contributed by atoms with van der Waals surface area (Å²) in [6, 6.07) is 12.0. The van der Waals surface area contributed by atoms with Crippen molar-refractivity contribution in [1.82, 2.24) is 14.1 Å². The van der Waals surface area contributed by atoms with Gasteiger partial charge in [0.05, 0.1) is 67.7 Å². The molecule has 0 saturated carbocycles. The van der Waals surface area contributed by atoms with Crippen LogP contribution < -0.4 is 30.1 Å². The highest BCUT2D eigenvalue weighted by Crippen LogP contribution is 2.40. The van der Waals surface area contributed by atoms with Crippen molar-refractivity contribution in [1.29, 1.82) is 0 Å². The van der Waals surface area contributed by atoms with Gasteiger partial charge in [-0.05, 0) is 142 Å². The van der Waals surface area contributed by atoms with Crippen LogP contribution in [0.5, 0.6) is 11.5 Å². The monoisotopic (exact) mass is 1220 g/mol. The van der Waals surface area contributed by atoms with Crippen molar-refractivity contribution in [3.63, 3.8) is 0 Å². The molecule has 0 spiro atoms. The minimum Gasteiger partial charge on any atom is -0.458 e. The molecule has 3 heterocycles. The third-order valence-corrected chi connectivity index (χ3v) is 20.7. The molecule has 3 aromatic heterocycles. The number of imidazole rings is 1. The van der Waals surface area contributed by atoms with Crippen LogP contribution in [-0.4, -0.2) is 22.2 Å². The maximum atomic E-state index is 10.3. The molecule has 0 aliphatic rings. The molecule has 0 aliphatic heterocycles. The van der Waals surface area contributed by atoms with E-state index in [1.54, 1.807) is 96.6 Å². The van der Waals surface area contributed by atoms with Gasteiger partial charge in [0, 0.05) is 32.7 Å². The molecule has 0 atom stereocenters. The number of rotatable bonds is 12. The lowest BCUT2D eigenvalue weighted by atomic mass is 9.79. The standard InChI is InChI=1S/C85H76N4OSi/c1-58-47-81(86-56-75(58)60-31-18-12-19-32-60)89-76-42-27-26-41-72(76)73-45-44-68(55-78(73)89)90-67-34-28-33-66(54-67)87-57-88(77-46-43-61(50-79(77)87)62-48-63(83(2,3)4)51-64(49-62)84(5,6)7)82-74(59-29-16-11-17-30-59)52-65(85(8,9)10)53-80(82)91(69-35-20-13-21-36-69,70-37-22-14-23-38-70)71-39-24-15-25-40-71/h11-56H,1-10H3/i1D3,11D,12D,13D,14D,15D,16D,17D,18D,19D,20D,21D,22D,23D,24D,25D,29D,30D,31D,32D,35D,36D,37D,38D,39D,40D. The van der Waals surface area contributed by atoms with Gasteiger partial charge in [0.2, 0.25) is 0 Å². The quantitative estimate of drug-likeness (QED) is 0.0529. The Balaban J connectivity index is 1.13. The molecule has 0 saturated heterocycles. The number of hydrogen-bond acceptors (Lipinski definition) is 2. The fourth-order valence-electron chi connectivity index (χ4n) is 11.8. The SMILES string of the molecule is [2H]c1c([2H])c([2H])c(-c2cnc(-n3c4ccccc4c4ccc(Oc5cccc(-n6[c-][n+](-c7c(-c8c([2H])c([2H])c([2H])c([2H])c8[2H])cc(C(C)(C)C)cc7[Si](c7c([2H])c([2H])c([2H])c([2H])c7[2H])(c7c([2H])c([2H])c([2H])c([2H])c7[2H])c7c([2H])c([2H])c([2H])c([2H])c7[2H])c7ccc(-c8cc(C(C)(C)C)cc(C(C)(C)C)c8)cc76)c5)cc43)cc2C([2H])([2H])[2H])c([2H])c1[2H]. The van der Waals surface area contributed by atoms with E-state index in [0.29, 0.717) is 27.4 Å². The van der Waals surface area contributed by atoms with Crippen LogP contribution in [0.2, 0.25) is 0 Å². The van der Waals surface area contributed by atoms with E-state index in [2.05, 4.69) is 66.1 Å². The van der Waals surface area contributed by atoms with E-state index in [0.717, 1.165) is 16.7 Å². The zero-order chi connectivity index (χ0) is 87.1. The summed E-state index contributed by atoms with van der Waals surface area (Å²) in [6.45, 7) is 14.8. The van der Waals surface area contributed by atoms with E-state index in [-0.39, 0.29) is 67.5 Å². The second-order valence-corrected chi connectivity index (χ2v) is 29.0. The van der Waals surface area contributed by atoms with Gasteiger partial charge in [0.1, 0.15) is 17.3 Å². The number of pyridine rings is 1. The van der Waals surface area contributed by atoms with Crippen LogP contribution in [0.25, 0.3) is 83.4 Å². The number of hydrogen-bond donors (Lipinski definition) is 0. The van der Waals surface area contributed by atoms with Crippen molar-refractivity contribution >= 4 is 61.7 Å². The number of ether oxygens (including phenoxy) is 1. The maximum absolute atomic E-state index is 10.3. The van der Waals surface area contributed by atoms with Crippen LogP contribution in [0.15, 0.2) is 279 Å². The van der Waals surface area contributed by atoms with Crippen LogP contribution in [0, 0.1) is 13.2 Å². The predicted octanol–water partition coefficient (Wildman–Crippen LogP) is 18.6. The minimum absolute atomic E-state index is 0.0841. The Morgan fingerprint density at radius 2 is 1.01 bits per heavy atom. The zero-order valence-corrected chi connectivity index (χ0v) is 52.3. The van der Waals surface area contributed by atoms with Crippen molar-refractivity contribution in [3.05, 3.63) is 307 Å². The van der Waals surface area contributed by atoms with Crippen molar-refractivity contribution in [3.8, 4) is 62.1 Å². The molecule has 11 aromatic carbocycles. The van der Waals surface area contributed by atoms with E-state index >= 15 is 0 Å². The van der Waals surface area contributed by atoms with Crippen LogP contribution in [0.3, 0.4) is 0 Å². The van der Waals surface area contributed by atoms with Crippen LogP contribution in [0.1, 0.15) is 123 Å². The van der Waals surface area contributed by atoms with Gasteiger partial charge in [-0.25, -0.2) is 4.98 Å². The molecule has 91 heavy (non-hydrogen) atoms. The molecular weight excluding hydrogens is 1120 g/mol. The van der Waals surface area contributed by atoms with E-state index in [9.17, 15) is 21.9 Å². The molecular formula is C85H76N4OSi. The van der Waals surface area contributed by atoms with Gasteiger partial charge in [0.15, 0.2) is 8.07 Å². The number of aromatic nitrogens is 4. The lowest BCUT2D eigenvalue weighted by Crippen LogP contribution is -2.76. The first kappa shape index (κ1) is 34.7. The normalized spacial score (nSPS) is 16.8. The van der Waals surface area contributed by atoms with Crippen LogP contribution in [0.4, 0.5) is 0 Å². The first-order valence-electron chi connectivity index (χ1n) is 43.5. The highest BCUT2D eigenvalue weighted by molar-refractivity contribution is 7.20. The van der Waals surface area contributed by atoms with E-state index in [1.165, 1.54) is 29.0 Å². The van der Waals surface area contributed by atoms with Crippen molar-refractivity contribution < 1.29 is 47.7 Å².